The fourth-order valence-corrected chi connectivity index (χ4v) is 2.13. The molecule has 0 saturated carbocycles. The second kappa shape index (κ2) is 5.14. The second-order valence-corrected chi connectivity index (χ2v) is 5.19. The van der Waals surface area contributed by atoms with Crippen molar-refractivity contribution in [2.75, 3.05) is 0 Å². The fourth-order valence-electron chi connectivity index (χ4n) is 1.48. The molecule has 2 rings (SSSR count). The van der Waals surface area contributed by atoms with Gasteiger partial charge in [0.15, 0.2) is 0 Å². The van der Waals surface area contributed by atoms with E-state index in [1.807, 2.05) is 0 Å². The van der Waals surface area contributed by atoms with Gasteiger partial charge in [-0.15, -0.1) is 0 Å². The van der Waals surface area contributed by atoms with Gasteiger partial charge in [-0.1, -0.05) is 12.1 Å². The third kappa shape index (κ3) is 2.84. The molecule has 2 nitrogen and oxygen atoms in total. The van der Waals surface area contributed by atoms with Gasteiger partial charge in [-0.05, 0) is 55.6 Å². The molecule has 2 aromatic rings. The predicted molar refractivity (Wildman–Crippen MR) is 71.6 cm³/mol. The SMILES string of the molecule is O=c1c(Br)c(Br)ccn1Cc1cccc(F)c1. The summed E-state index contributed by atoms with van der Waals surface area (Å²) >= 11 is 6.46. The molecule has 1 aromatic carbocycles. The van der Waals surface area contributed by atoms with Crippen molar-refractivity contribution >= 4 is 31.9 Å². The van der Waals surface area contributed by atoms with E-state index >= 15 is 0 Å². The lowest BCUT2D eigenvalue weighted by molar-refractivity contribution is 0.622. The van der Waals surface area contributed by atoms with E-state index in [0.717, 1.165) is 5.56 Å². The van der Waals surface area contributed by atoms with Crippen LogP contribution in [0.4, 0.5) is 4.39 Å². The van der Waals surface area contributed by atoms with Gasteiger partial charge in [0.05, 0.1) is 11.0 Å². The summed E-state index contributed by atoms with van der Waals surface area (Å²) in [7, 11) is 0. The topological polar surface area (TPSA) is 22.0 Å². The Labute approximate surface area is 114 Å². The van der Waals surface area contributed by atoms with Crippen molar-refractivity contribution in [3.63, 3.8) is 0 Å². The molecule has 0 saturated heterocycles. The van der Waals surface area contributed by atoms with Crippen LogP contribution in [0.1, 0.15) is 5.56 Å². The van der Waals surface area contributed by atoms with Crippen molar-refractivity contribution in [2.24, 2.45) is 0 Å². The lowest BCUT2D eigenvalue weighted by Crippen LogP contribution is -2.20. The van der Waals surface area contributed by atoms with E-state index < -0.39 is 0 Å². The van der Waals surface area contributed by atoms with Crippen LogP contribution in [0, 0.1) is 5.82 Å². The lowest BCUT2D eigenvalue weighted by atomic mass is 10.2. The minimum Gasteiger partial charge on any atom is -0.310 e. The van der Waals surface area contributed by atoms with Crippen LogP contribution in [0.3, 0.4) is 0 Å². The van der Waals surface area contributed by atoms with E-state index in [0.29, 0.717) is 15.5 Å². The zero-order valence-electron chi connectivity index (χ0n) is 8.66. The Morgan fingerprint density at radius 1 is 1.24 bits per heavy atom. The van der Waals surface area contributed by atoms with E-state index in [4.69, 9.17) is 0 Å². The van der Waals surface area contributed by atoms with Crippen LogP contribution < -0.4 is 5.56 Å². The quantitative estimate of drug-likeness (QED) is 0.802. The number of benzene rings is 1. The maximum absolute atomic E-state index is 13.0. The average Bonchev–Trinajstić information content (AvgIpc) is 2.30. The molecule has 0 aliphatic rings. The lowest BCUT2D eigenvalue weighted by Gasteiger charge is -2.07. The molecule has 0 spiro atoms. The van der Waals surface area contributed by atoms with Gasteiger partial charge >= 0.3 is 0 Å². The summed E-state index contributed by atoms with van der Waals surface area (Å²) in [5.74, 6) is -0.299. The van der Waals surface area contributed by atoms with Crippen LogP contribution in [-0.2, 0) is 6.54 Å². The zero-order valence-corrected chi connectivity index (χ0v) is 11.8. The molecular formula is C12H8Br2FNO. The molecule has 0 fully saturated rings. The maximum Gasteiger partial charge on any atom is 0.266 e. The van der Waals surface area contributed by atoms with Gasteiger partial charge in [-0.25, -0.2) is 4.39 Å². The van der Waals surface area contributed by atoms with Gasteiger partial charge in [0.2, 0.25) is 0 Å². The molecule has 0 radical (unpaired) electrons. The first-order valence-electron chi connectivity index (χ1n) is 4.87. The number of aromatic nitrogens is 1. The van der Waals surface area contributed by atoms with Crippen LogP contribution in [0.2, 0.25) is 0 Å². The number of hydrogen-bond acceptors (Lipinski definition) is 1. The van der Waals surface area contributed by atoms with Crippen molar-refractivity contribution in [3.05, 3.63) is 67.2 Å². The van der Waals surface area contributed by atoms with Gasteiger partial charge in [-0.2, -0.15) is 0 Å². The largest absolute Gasteiger partial charge is 0.310 e. The number of halogens is 3. The second-order valence-electron chi connectivity index (χ2n) is 3.54. The predicted octanol–water partition coefficient (Wildman–Crippen LogP) is 3.56. The molecule has 0 bridgehead atoms. The Morgan fingerprint density at radius 2 is 2.00 bits per heavy atom. The third-order valence-electron chi connectivity index (χ3n) is 2.30. The van der Waals surface area contributed by atoms with E-state index in [-0.39, 0.29) is 11.4 Å². The highest BCUT2D eigenvalue weighted by Crippen LogP contribution is 2.18. The minimum atomic E-state index is -0.299. The third-order valence-corrected chi connectivity index (χ3v) is 4.26. The van der Waals surface area contributed by atoms with E-state index in [1.165, 1.54) is 16.7 Å². The summed E-state index contributed by atoms with van der Waals surface area (Å²) in [6, 6.07) is 7.98. The summed E-state index contributed by atoms with van der Waals surface area (Å²) in [4.78, 5) is 11.9. The molecule has 5 heteroatoms. The van der Waals surface area contributed by atoms with Crippen molar-refractivity contribution in [3.8, 4) is 0 Å². The number of hydrogen-bond donors (Lipinski definition) is 0. The Hall–Kier alpha value is -0.940. The van der Waals surface area contributed by atoms with Crippen LogP contribution >= 0.6 is 31.9 Å². The molecule has 0 amide bonds. The molecule has 0 aliphatic carbocycles. The van der Waals surface area contributed by atoms with Crippen LogP contribution in [0.5, 0.6) is 0 Å². The van der Waals surface area contributed by atoms with E-state index in [9.17, 15) is 9.18 Å². The molecule has 0 atom stereocenters. The van der Waals surface area contributed by atoms with Gasteiger partial charge in [0.1, 0.15) is 5.82 Å². The Balaban J connectivity index is 2.37. The monoisotopic (exact) mass is 359 g/mol. The summed E-state index contributed by atoms with van der Waals surface area (Å²) in [5.41, 5.74) is 0.602. The summed E-state index contributed by atoms with van der Waals surface area (Å²) in [5, 5.41) is 0. The Bertz CT molecular complexity index is 610. The smallest absolute Gasteiger partial charge is 0.266 e. The first kappa shape index (κ1) is 12.5. The molecule has 0 aliphatic heterocycles. The zero-order chi connectivity index (χ0) is 12.4. The molecule has 0 unspecified atom stereocenters. The van der Waals surface area contributed by atoms with Crippen LogP contribution in [0.25, 0.3) is 0 Å². The number of pyridine rings is 1. The molecule has 17 heavy (non-hydrogen) atoms. The molecule has 0 N–H and O–H groups in total. The standard InChI is InChI=1S/C12H8Br2FNO/c13-10-4-5-16(12(17)11(10)14)7-8-2-1-3-9(15)6-8/h1-6H,7H2. The van der Waals surface area contributed by atoms with Crippen LogP contribution in [-0.4, -0.2) is 4.57 Å². The summed E-state index contributed by atoms with van der Waals surface area (Å²) in [6.45, 7) is 0.350. The van der Waals surface area contributed by atoms with E-state index in [2.05, 4.69) is 31.9 Å². The minimum absolute atomic E-state index is 0.149. The molecular weight excluding hydrogens is 353 g/mol. The van der Waals surface area contributed by atoms with Gasteiger partial charge in [0, 0.05) is 10.7 Å². The van der Waals surface area contributed by atoms with Crippen molar-refractivity contribution in [1.29, 1.82) is 0 Å². The van der Waals surface area contributed by atoms with Crippen molar-refractivity contribution in [2.45, 2.75) is 6.54 Å². The van der Waals surface area contributed by atoms with Crippen LogP contribution in [0.15, 0.2) is 50.3 Å². The summed E-state index contributed by atoms with van der Waals surface area (Å²) < 4.78 is 15.7. The molecule has 1 aromatic heterocycles. The Morgan fingerprint density at radius 3 is 2.71 bits per heavy atom. The van der Waals surface area contributed by atoms with E-state index in [1.54, 1.807) is 24.4 Å². The van der Waals surface area contributed by atoms with Gasteiger partial charge in [0.25, 0.3) is 5.56 Å². The number of nitrogens with zero attached hydrogens (tertiary/aromatic N) is 1. The highest BCUT2D eigenvalue weighted by atomic mass is 79.9. The maximum atomic E-state index is 13.0. The van der Waals surface area contributed by atoms with Gasteiger partial charge < -0.3 is 4.57 Å². The van der Waals surface area contributed by atoms with Crippen molar-refractivity contribution in [1.82, 2.24) is 4.57 Å². The number of rotatable bonds is 2. The average molecular weight is 361 g/mol. The molecule has 88 valence electrons. The first-order valence-corrected chi connectivity index (χ1v) is 6.45. The first-order chi connectivity index (χ1) is 8.08. The fraction of sp³-hybridized carbons (Fsp3) is 0.0833. The van der Waals surface area contributed by atoms with Gasteiger partial charge in [-0.3, -0.25) is 4.79 Å². The van der Waals surface area contributed by atoms with Crippen molar-refractivity contribution < 1.29 is 4.39 Å². The highest BCUT2D eigenvalue weighted by Gasteiger charge is 2.05. The Kier molecular flexibility index (Phi) is 3.79. The highest BCUT2D eigenvalue weighted by molar-refractivity contribution is 9.13. The summed E-state index contributed by atoms with van der Waals surface area (Å²) in [6.07, 6.45) is 1.67. The normalized spacial score (nSPS) is 10.5. The molecule has 1 heterocycles.